The quantitative estimate of drug-likeness (QED) is 0.604. The molecule has 3 aliphatic heterocycles. The van der Waals surface area contributed by atoms with Gasteiger partial charge in [0.1, 0.15) is 0 Å². The maximum Gasteiger partial charge on any atom is 0.325 e. The summed E-state index contributed by atoms with van der Waals surface area (Å²) in [4.78, 5) is 35.0. The van der Waals surface area contributed by atoms with E-state index in [-0.39, 0.29) is 23.6 Å². The molecule has 37 heavy (non-hydrogen) atoms. The predicted molar refractivity (Wildman–Crippen MR) is 143 cm³/mol. The van der Waals surface area contributed by atoms with Gasteiger partial charge in [0, 0.05) is 64.2 Å². The number of methoxy groups -OCH3 is 2. The molecule has 1 unspecified atom stereocenters. The zero-order valence-electron chi connectivity index (χ0n) is 22.6. The molecule has 198 valence electrons. The summed E-state index contributed by atoms with van der Waals surface area (Å²) < 4.78 is 11.4. The highest BCUT2D eigenvalue weighted by Crippen LogP contribution is 2.46. The van der Waals surface area contributed by atoms with E-state index in [4.69, 9.17) is 9.47 Å². The number of hydrogen-bond acceptors (Lipinski definition) is 5. The number of allylic oxidation sites excluding steroid dienone is 1. The van der Waals surface area contributed by atoms with Crippen molar-refractivity contribution in [3.05, 3.63) is 64.6 Å². The Morgan fingerprint density at radius 1 is 1.19 bits per heavy atom. The molecule has 0 aromatic heterocycles. The fraction of sp³-hybridized carbons (Fsp3) is 0.517. The third kappa shape index (κ3) is 4.21. The number of urea groups is 1. The summed E-state index contributed by atoms with van der Waals surface area (Å²) in [5.41, 5.74) is 4.74. The summed E-state index contributed by atoms with van der Waals surface area (Å²) in [5.74, 6) is 0.933. The van der Waals surface area contributed by atoms with Crippen molar-refractivity contribution in [1.29, 1.82) is 0 Å². The number of rotatable bonds is 5. The molecular formula is C29H38N4O4. The van der Waals surface area contributed by atoms with Gasteiger partial charge in [-0.1, -0.05) is 12.1 Å². The molecule has 1 aliphatic carbocycles. The van der Waals surface area contributed by atoms with Crippen molar-refractivity contribution >= 4 is 17.6 Å². The summed E-state index contributed by atoms with van der Waals surface area (Å²) >= 11 is 0. The van der Waals surface area contributed by atoms with Gasteiger partial charge in [0.05, 0.1) is 31.1 Å². The van der Waals surface area contributed by atoms with E-state index in [2.05, 4.69) is 12.2 Å². The SMILES string of the molecule is CCN1C(=O)N2CC3=C(CC=C2C12CCN(C(=O)c1cccc(N(C)C)c1)CC2)C(OC)CC(OC)=C3. The first kappa shape index (κ1) is 25.4. The third-order valence-electron chi connectivity index (χ3n) is 8.46. The first-order chi connectivity index (χ1) is 17.8. The van der Waals surface area contributed by atoms with Gasteiger partial charge in [-0.2, -0.15) is 0 Å². The largest absolute Gasteiger partial charge is 0.501 e. The normalized spacial score (nSPS) is 22.9. The van der Waals surface area contributed by atoms with Crippen molar-refractivity contribution in [2.45, 2.75) is 44.2 Å². The molecule has 2 saturated heterocycles. The number of benzene rings is 1. The lowest BCUT2D eigenvalue weighted by molar-refractivity contribution is 0.0575. The second-order valence-corrected chi connectivity index (χ2v) is 10.5. The first-order valence-electron chi connectivity index (χ1n) is 13.2. The van der Waals surface area contributed by atoms with Crippen molar-refractivity contribution in [2.24, 2.45) is 0 Å². The lowest BCUT2D eigenvalue weighted by atomic mass is 9.82. The van der Waals surface area contributed by atoms with E-state index in [0.717, 1.165) is 42.0 Å². The number of anilines is 1. The molecule has 1 spiro atoms. The van der Waals surface area contributed by atoms with Crippen LogP contribution in [0.15, 0.2) is 59.0 Å². The molecule has 2 fully saturated rings. The van der Waals surface area contributed by atoms with Crippen molar-refractivity contribution in [3.8, 4) is 0 Å². The van der Waals surface area contributed by atoms with E-state index in [1.165, 1.54) is 5.57 Å². The summed E-state index contributed by atoms with van der Waals surface area (Å²) in [6.45, 7) is 4.43. The second-order valence-electron chi connectivity index (χ2n) is 10.5. The van der Waals surface area contributed by atoms with Crippen LogP contribution in [0.1, 0.15) is 43.0 Å². The summed E-state index contributed by atoms with van der Waals surface area (Å²) in [6.07, 6.45) is 7.20. The van der Waals surface area contributed by atoms with Crippen LogP contribution in [-0.4, -0.2) is 92.8 Å². The smallest absolute Gasteiger partial charge is 0.325 e. The maximum absolute atomic E-state index is 13.7. The summed E-state index contributed by atoms with van der Waals surface area (Å²) in [5, 5.41) is 0. The van der Waals surface area contributed by atoms with Crippen LogP contribution in [0, 0.1) is 0 Å². The minimum Gasteiger partial charge on any atom is -0.501 e. The average molecular weight is 507 g/mol. The van der Waals surface area contributed by atoms with Crippen molar-refractivity contribution in [1.82, 2.24) is 14.7 Å². The number of carbonyl (C=O) groups is 2. The van der Waals surface area contributed by atoms with Gasteiger partial charge in [0.25, 0.3) is 5.91 Å². The number of likely N-dealkylation sites (N-methyl/N-ethyl adjacent to an activating group) is 1. The first-order valence-corrected chi connectivity index (χ1v) is 13.2. The second kappa shape index (κ2) is 9.89. The lowest BCUT2D eigenvalue weighted by Crippen LogP contribution is -2.54. The molecule has 4 aliphatic rings. The number of amides is 3. The standard InChI is InChI=1S/C29H38N4O4/c1-6-33-28(35)32-19-21-17-23(36-4)18-25(37-5)24(21)10-11-26(32)29(33)12-14-31(15-13-29)27(34)20-8-7-9-22(16-20)30(2)3/h7-9,11,16-17,25H,6,10,12-15,18-19H2,1-5H3. The molecule has 8 heteroatoms. The number of likely N-dealkylation sites (tertiary alicyclic amines) is 1. The van der Waals surface area contributed by atoms with Crippen LogP contribution < -0.4 is 4.90 Å². The molecule has 1 atom stereocenters. The summed E-state index contributed by atoms with van der Waals surface area (Å²) in [6, 6.07) is 7.82. The maximum atomic E-state index is 13.7. The fourth-order valence-corrected chi connectivity index (χ4v) is 6.43. The van der Waals surface area contributed by atoms with Gasteiger partial charge in [-0.15, -0.1) is 0 Å². The Kier molecular flexibility index (Phi) is 6.79. The zero-order valence-corrected chi connectivity index (χ0v) is 22.6. The molecule has 5 rings (SSSR count). The fourth-order valence-electron chi connectivity index (χ4n) is 6.43. The molecule has 0 N–H and O–H groups in total. The van der Waals surface area contributed by atoms with Gasteiger partial charge >= 0.3 is 6.03 Å². The Morgan fingerprint density at radius 2 is 1.95 bits per heavy atom. The Bertz CT molecular complexity index is 1180. The highest BCUT2D eigenvalue weighted by atomic mass is 16.5. The monoisotopic (exact) mass is 506 g/mol. The van der Waals surface area contributed by atoms with Gasteiger partial charge in [0.15, 0.2) is 0 Å². The zero-order chi connectivity index (χ0) is 26.3. The topological polar surface area (TPSA) is 65.6 Å². The minimum absolute atomic E-state index is 0.0439. The Hall–Kier alpha value is -3.26. The minimum atomic E-state index is -0.390. The molecule has 8 nitrogen and oxygen atoms in total. The lowest BCUT2D eigenvalue weighted by Gasteiger charge is -2.44. The van der Waals surface area contributed by atoms with Crippen LogP contribution in [0.3, 0.4) is 0 Å². The molecule has 3 amide bonds. The number of nitrogens with zero attached hydrogens (tertiary/aromatic N) is 4. The van der Waals surface area contributed by atoms with Crippen LogP contribution in [0.25, 0.3) is 0 Å². The van der Waals surface area contributed by atoms with E-state index in [1.807, 2.05) is 64.9 Å². The van der Waals surface area contributed by atoms with Crippen LogP contribution >= 0.6 is 0 Å². The van der Waals surface area contributed by atoms with Gasteiger partial charge in [-0.05, 0) is 61.6 Å². The molecule has 3 heterocycles. The number of fused-ring (bicyclic) bond motifs is 2. The number of ether oxygens (including phenoxy) is 2. The Morgan fingerprint density at radius 3 is 2.59 bits per heavy atom. The highest BCUT2D eigenvalue weighted by Gasteiger charge is 2.55. The van der Waals surface area contributed by atoms with Gasteiger partial charge in [-0.25, -0.2) is 4.79 Å². The molecular weight excluding hydrogens is 468 g/mol. The van der Waals surface area contributed by atoms with Crippen LogP contribution in [-0.2, 0) is 9.47 Å². The number of hydrogen-bond donors (Lipinski definition) is 0. The molecule has 1 aromatic rings. The van der Waals surface area contributed by atoms with Crippen molar-refractivity contribution in [3.63, 3.8) is 0 Å². The summed E-state index contributed by atoms with van der Waals surface area (Å²) in [7, 11) is 7.37. The number of piperidine rings is 1. The van der Waals surface area contributed by atoms with E-state index in [0.29, 0.717) is 38.2 Å². The van der Waals surface area contributed by atoms with Crippen LogP contribution in [0.5, 0.6) is 0 Å². The predicted octanol–water partition coefficient (Wildman–Crippen LogP) is 4.02. The molecule has 0 bridgehead atoms. The van der Waals surface area contributed by atoms with Crippen molar-refractivity contribution in [2.75, 3.05) is 59.4 Å². The van der Waals surface area contributed by atoms with E-state index in [1.54, 1.807) is 14.2 Å². The van der Waals surface area contributed by atoms with Crippen LogP contribution in [0.2, 0.25) is 0 Å². The Balaban J connectivity index is 1.40. The van der Waals surface area contributed by atoms with Gasteiger partial charge < -0.3 is 24.2 Å². The third-order valence-corrected chi connectivity index (χ3v) is 8.46. The Labute approximate surface area is 219 Å². The van der Waals surface area contributed by atoms with Gasteiger partial charge in [0.2, 0.25) is 0 Å². The van der Waals surface area contributed by atoms with Gasteiger partial charge in [-0.3, -0.25) is 9.69 Å². The highest BCUT2D eigenvalue weighted by molar-refractivity contribution is 5.95. The molecule has 1 aromatic carbocycles. The number of carbonyl (C=O) groups excluding carboxylic acids is 2. The van der Waals surface area contributed by atoms with E-state index in [9.17, 15) is 9.59 Å². The molecule has 0 saturated carbocycles. The van der Waals surface area contributed by atoms with E-state index >= 15 is 0 Å². The van der Waals surface area contributed by atoms with E-state index < -0.39 is 0 Å². The van der Waals surface area contributed by atoms with Crippen molar-refractivity contribution < 1.29 is 19.1 Å². The molecule has 0 radical (unpaired) electrons. The average Bonchev–Trinajstić information content (AvgIpc) is 3.03. The van der Waals surface area contributed by atoms with Crippen LogP contribution in [0.4, 0.5) is 10.5 Å².